The topological polar surface area (TPSA) is 46.5 Å². The molecule has 0 heterocycles. The largest absolute Gasteiger partial charge is 0.496 e. The summed E-state index contributed by atoms with van der Waals surface area (Å²) in [6, 6.07) is 3.21. The Bertz CT molecular complexity index is 347. The van der Waals surface area contributed by atoms with Gasteiger partial charge in [-0.1, -0.05) is 15.9 Å². The normalized spacial score (nSPS) is 9.77. The van der Waals surface area contributed by atoms with Crippen molar-refractivity contribution in [3.8, 4) is 5.75 Å². The standard InChI is InChI=1S/C9H9BrO3/c1-5-7(10)4-3-6(9(11)12)8(5)13-2/h3-4H,1-2H3,(H,11,12). The number of methoxy groups -OCH3 is 1. The molecule has 0 aliphatic heterocycles. The van der Waals surface area contributed by atoms with Crippen LogP contribution in [0.25, 0.3) is 0 Å². The first-order chi connectivity index (χ1) is 6.07. The molecule has 0 saturated carbocycles. The van der Waals surface area contributed by atoms with Gasteiger partial charge in [-0.2, -0.15) is 0 Å². The molecular formula is C9H9BrO3. The van der Waals surface area contributed by atoms with E-state index in [1.54, 1.807) is 13.0 Å². The molecule has 0 atom stereocenters. The quantitative estimate of drug-likeness (QED) is 0.870. The second-order valence-corrected chi connectivity index (χ2v) is 3.41. The maximum Gasteiger partial charge on any atom is 0.339 e. The van der Waals surface area contributed by atoms with Crippen LogP contribution >= 0.6 is 15.9 Å². The van der Waals surface area contributed by atoms with Crippen molar-refractivity contribution in [2.24, 2.45) is 0 Å². The van der Waals surface area contributed by atoms with E-state index in [-0.39, 0.29) is 5.56 Å². The second kappa shape index (κ2) is 3.79. The van der Waals surface area contributed by atoms with Crippen molar-refractivity contribution in [2.75, 3.05) is 7.11 Å². The first-order valence-corrected chi connectivity index (χ1v) is 4.43. The van der Waals surface area contributed by atoms with Crippen molar-refractivity contribution >= 4 is 21.9 Å². The molecule has 1 aromatic rings. The number of hydrogen-bond acceptors (Lipinski definition) is 2. The third-order valence-electron chi connectivity index (χ3n) is 1.77. The fraction of sp³-hybridized carbons (Fsp3) is 0.222. The lowest BCUT2D eigenvalue weighted by molar-refractivity contribution is 0.0693. The number of carbonyl (C=O) groups is 1. The Morgan fingerprint density at radius 3 is 2.62 bits per heavy atom. The average Bonchev–Trinajstić information content (AvgIpc) is 2.09. The van der Waals surface area contributed by atoms with E-state index in [9.17, 15) is 4.79 Å². The Kier molecular flexibility index (Phi) is 2.93. The minimum Gasteiger partial charge on any atom is -0.496 e. The van der Waals surface area contributed by atoms with E-state index >= 15 is 0 Å². The lowest BCUT2D eigenvalue weighted by atomic mass is 10.1. The molecule has 0 aliphatic rings. The molecule has 0 saturated heterocycles. The van der Waals surface area contributed by atoms with Crippen LogP contribution in [0.15, 0.2) is 16.6 Å². The zero-order valence-corrected chi connectivity index (χ0v) is 8.88. The van der Waals surface area contributed by atoms with Gasteiger partial charge in [-0.05, 0) is 19.1 Å². The van der Waals surface area contributed by atoms with Gasteiger partial charge in [0.15, 0.2) is 0 Å². The van der Waals surface area contributed by atoms with Crippen LogP contribution in [0.4, 0.5) is 0 Å². The van der Waals surface area contributed by atoms with Crippen molar-refractivity contribution in [1.82, 2.24) is 0 Å². The lowest BCUT2D eigenvalue weighted by Gasteiger charge is -2.09. The molecule has 0 amide bonds. The maximum atomic E-state index is 10.7. The Hall–Kier alpha value is -1.03. The Balaban J connectivity index is 3.38. The van der Waals surface area contributed by atoms with E-state index in [0.29, 0.717) is 5.75 Å². The Labute approximate surface area is 84.5 Å². The van der Waals surface area contributed by atoms with Crippen molar-refractivity contribution in [2.45, 2.75) is 6.92 Å². The summed E-state index contributed by atoms with van der Waals surface area (Å²) in [6.45, 7) is 1.80. The number of halogens is 1. The van der Waals surface area contributed by atoms with Crippen LogP contribution in [-0.4, -0.2) is 18.2 Å². The molecule has 0 unspecified atom stereocenters. The predicted octanol–water partition coefficient (Wildman–Crippen LogP) is 2.46. The van der Waals surface area contributed by atoms with Crippen LogP contribution < -0.4 is 4.74 Å². The number of carboxylic acids is 1. The van der Waals surface area contributed by atoms with Gasteiger partial charge in [0.25, 0.3) is 0 Å². The molecule has 4 heteroatoms. The van der Waals surface area contributed by atoms with E-state index in [0.717, 1.165) is 10.0 Å². The van der Waals surface area contributed by atoms with Gasteiger partial charge < -0.3 is 9.84 Å². The van der Waals surface area contributed by atoms with Crippen molar-refractivity contribution in [3.05, 3.63) is 27.7 Å². The van der Waals surface area contributed by atoms with E-state index < -0.39 is 5.97 Å². The Morgan fingerprint density at radius 2 is 2.15 bits per heavy atom. The molecule has 1 N–H and O–H groups in total. The molecule has 1 rings (SSSR count). The molecule has 0 aliphatic carbocycles. The van der Waals surface area contributed by atoms with E-state index in [1.807, 2.05) is 0 Å². The van der Waals surface area contributed by atoms with Gasteiger partial charge in [-0.3, -0.25) is 0 Å². The van der Waals surface area contributed by atoms with Gasteiger partial charge in [0.2, 0.25) is 0 Å². The fourth-order valence-electron chi connectivity index (χ4n) is 1.10. The molecule has 0 aromatic heterocycles. The van der Waals surface area contributed by atoms with Gasteiger partial charge in [0.1, 0.15) is 11.3 Å². The third-order valence-corrected chi connectivity index (χ3v) is 2.63. The van der Waals surface area contributed by atoms with E-state index in [2.05, 4.69) is 15.9 Å². The zero-order valence-electron chi connectivity index (χ0n) is 7.30. The summed E-state index contributed by atoms with van der Waals surface area (Å²) >= 11 is 3.30. The average molecular weight is 245 g/mol. The molecule has 0 bridgehead atoms. The first kappa shape index (κ1) is 10.1. The minimum absolute atomic E-state index is 0.184. The molecule has 3 nitrogen and oxygen atoms in total. The SMILES string of the molecule is COc1c(C(=O)O)ccc(Br)c1C. The lowest BCUT2D eigenvalue weighted by Crippen LogP contribution is -2.02. The number of rotatable bonds is 2. The maximum absolute atomic E-state index is 10.7. The number of benzene rings is 1. The highest BCUT2D eigenvalue weighted by Crippen LogP contribution is 2.29. The van der Waals surface area contributed by atoms with Crippen LogP contribution in [0.5, 0.6) is 5.75 Å². The summed E-state index contributed by atoms with van der Waals surface area (Å²) in [5, 5.41) is 8.82. The van der Waals surface area contributed by atoms with Crippen LogP contribution in [0.2, 0.25) is 0 Å². The van der Waals surface area contributed by atoms with Gasteiger partial charge in [-0.25, -0.2) is 4.79 Å². The monoisotopic (exact) mass is 244 g/mol. The Morgan fingerprint density at radius 1 is 1.54 bits per heavy atom. The van der Waals surface area contributed by atoms with Crippen LogP contribution in [0.1, 0.15) is 15.9 Å². The smallest absolute Gasteiger partial charge is 0.339 e. The number of aromatic carboxylic acids is 1. The summed E-state index contributed by atoms with van der Waals surface area (Å²) in [5.41, 5.74) is 0.977. The number of ether oxygens (including phenoxy) is 1. The number of carboxylic acid groups (broad SMARTS) is 1. The van der Waals surface area contributed by atoms with Crippen molar-refractivity contribution in [1.29, 1.82) is 0 Å². The molecule has 13 heavy (non-hydrogen) atoms. The summed E-state index contributed by atoms with van der Waals surface area (Å²) in [5.74, 6) is -0.575. The predicted molar refractivity (Wildman–Crippen MR) is 52.4 cm³/mol. The first-order valence-electron chi connectivity index (χ1n) is 3.64. The molecule has 0 fully saturated rings. The minimum atomic E-state index is -0.979. The van der Waals surface area contributed by atoms with Gasteiger partial charge >= 0.3 is 5.97 Å². The highest BCUT2D eigenvalue weighted by molar-refractivity contribution is 9.10. The summed E-state index contributed by atoms with van der Waals surface area (Å²) in [7, 11) is 1.46. The summed E-state index contributed by atoms with van der Waals surface area (Å²) in [4.78, 5) is 10.7. The van der Waals surface area contributed by atoms with Crippen LogP contribution in [0.3, 0.4) is 0 Å². The van der Waals surface area contributed by atoms with Gasteiger partial charge in [0, 0.05) is 10.0 Å². The van der Waals surface area contributed by atoms with Crippen molar-refractivity contribution in [3.63, 3.8) is 0 Å². The van der Waals surface area contributed by atoms with E-state index in [4.69, 9.17) is 9.84 Å². The molecular weight excluding hydrogens is 236 g/mol. The molecule has 1 aromatic carbocycles. The summed E-state index contributed by atoms with van der Waals surface area (Å²) < 4.78 is 5.85. The van der Waals surface area contributed by atoms with Crippen molar-refractivity contribution < 1.29 is 14.6 Å². The van der Waals surface area contributed by atoms with Gasteiger partial charge in [0.05, 0.1) is 7.11 Å². The molecule has 0 spiro atoms. The fourth-order valence-corrected chi connectivity index (χ4v) is 1.41. The second-order valence-electron chi connectivity index (χ2n) is 2.56. The third kappa shape index (κ3) is 1.83. The van der Waals surface area contributed by atoms with Crippen LogP contribution in [-0.2, 0) is 0 Å². The highest BCUT2D eigenvalue weighted by atomic mass is 79.9. The van der Waals surface area contributed by atoms with Gasteiger partial charge in [-0.15, -0.1) is 0 Å². The van der Waals surface area contributed by atoms with E-state index in [1.165, 1.54) is 13.2 Å². The molecule has 70 valence electrons. The van der Waals surface area contributed by atoms with Crippen LogP contribution in [0, 0.1) is 6.92 Å². The summed E-state index contributed by atoms with van der Waals surface area (Å²) in [6.07, 6.45) is 0. The highest BCUT2D eigenvalue weighted by Gasteiger charge is 2.14. The molecule has 0 radical (unpaired) electrons. The zero-order chi connectivity index (χ0) is 10.0. The number of hydrogen-bond donors (Lipinski definition) is 1.